The van der Waals surface area contributed by atoms with Crippen LogP contribution in [0.25, 0.3) is 0 Å². The lowest BCUT2D eigenvalue weighted by molar-refractivity contribution is -0.101. The molecule has 2 N–H and O–H groups in total. The van der Waals surface area contributed by atoms with E-state index in [0.717, 1.165) is 17.1 Å². The lowest BCUT2D eigenvalue weighted by Gasteiger charge is -2.31. The van der Waals surface area contributed by atoms with Crippen LogP contribution in [0.2, 0.25) is 0 Å². The van der Waals surface area contributed by atoms with Gasteiger partial charge in [-0.1, -0.05) is 36.4 Å². The summed E-state index contributed by atoms with van der Waals surface area (Å²) in [7, 11) is 3.97. The van der Waals surface area contributed by atoms with Gasteiger partial charge >= 0.3 is 6.03 Å². The number of benzene rings is 2. The van der Waals surface area contributed by atoms with Crippen LogP contribution in [0, 0.1) is 0 Å². The molecule has 0 aromatic heterocycles. The SMILES string of the molecule is CN(C)CC1=COC(Nc2ccccc2)(Nc2ccccc2)O1. The number of nitrogens with one attached hydrogen (secondary N) is 2. The van der Waals surface area contributed by atoms with Crippen LogP contribution >= 0.6 is 0 Å². The first-order chi connectivity index (χ1) is 11.2. The van der Waals surface area contributed by atoms with Crippen LogP contribution < -0.4 is 10.6 Å². The monoisotopic (exact) mass is 311 g/mol. The van der Waals surface area contributed by atoms with Gasteiger partial charge in [-0.2, -0.15) is 0 Å². The molecule has 0 fully saturated rings. The van der Waals surface area contributed by atoms with Gasteiger partial charge in [0.1, 0.15) is 6.26 Å². The molecular weight excluding hydrogens is 290 g/mol. The third-order valence-corrected chi connectivity index (χ3v) is 3.27. The molecule has 0 unspecified atom stereocenters. The number of rotatable bonds is 6. The largest absolute Gasteiger partial charge is 0.429 e. The van der Waals surface area contributed by atoms with Crippen molar-refractivity contribution >= 4 is 11.4 Å². The zero-order valence-electron chi connectivity index (χ0n) is 13.3. The van der Waals surface area contributed by atoms with Gasteiger partial charge in [-0.15, -0.1) is 0 Å². The molecule has 3 rings (SSSR count). The molecule has 2 aromatic rings. The minimum atomic E-state index is -1.16. The van der Waals surface area contributed by atoms with Crippen molar-refractivity contribution in [1.29, 1.82) is 0 Å². The lowest BCUT2D eigenvalue weighted by atomic mass is 10.3. The van der Waals surface area contributed by atoms with Gasteiger partial charge < -0.3 is 14.4 Å². The Bertz CT molecular complexity index is 615. The average Bonchev–Trinajstić information content (AvgIpc) is 2.91. The molecule has 0 saturated heterocycles. The van der Waals surface area contributed by atoms with Gasteiger partial charge in [0.25, 0.3) is 0 Å². The van der Waals surface area contributed by atoms with Gasteiger partial charge in [0.2, 0.25) is 0 Å². The van der Waals surface area contributed by atoms with Gasteiger partial charge in [0.05, 0.1) is 6.54 Å². The highest BCUT2D eigenvalue weighted by atomic mass is 16.8. The fourth-order valence-corrected chi connectivity index (χ4v) is 2.33. The van der Waals surface area contributed by atoms with Gasteiger partial charge in [-0.05, 0) is 38.4 Å². The summed E-state index contributed by atoms with van der Waals surface area (Å²) in [6.07, 6.45) is 1.64. The van der Waals surface area contributed by atoms with Gasteiger partial charge in [-0.25, -0.2) is 0 Å². The molecule has 1 aliphatic heterocycles. The van der Waals surface area contributed by atoms with Crippen molar-refractivity contribution in [2.45, 2.75) is 6.03 Å². The summed E-state index contributed by atoms with van der Waals surface area (Å²) in [6, 6.07) is 18.5. The first-order valence-electron chi connectivity index (χ1n) is 7.52. The molecule has 1 aliphatic rings. The molecular formula is C18H21N3O2. The normalized spacial score (nSPS) is 15.5. The second-order valence-corrected chi connectivity index (χ2v) is 5.64. The van der Waals surface area contributed by atoms with Crippen molar-refractivity contribution in [2.75, 3.05) is 31.3 Å². The molecule has 0 aliphatic carbocycles. The third kappa shape index (κ3) is 3.96. The standard InChI is InChI=1S/C18H21N3O2/c1-21(2)13-17-14-22-18(23-17,19-15-9-5-3-6-10-15)20-16-11-7-4-8-12-16/h3-12,14,19-20H,13H2,1-2H3. The van der Waals surface area contributed by atoms with Crippen molar-refractivity contribution in [3.63, 3.8) is 0 Å². The van der Waals surface area contributed by atoms with Crippen LogP contribution in [-0.4, -0.2) is 31.6 Å². The molecule has 120 valence electrons. The number of hydrogen-bond donors (Lipinski definition) is 2. The highest BCUT2D eigenvalue weighted by Crippen LogP contribution is 2.29. The Balaban J connectivity index is 1.80. The smallest absolute Gasteiger partial charge is 0.422 e. The molecule has 0 saturated carbocycles. The van der Waals surface area contributed by atoms with E-state index >= 15 is 0 Å². The van der Waals surface area contributed by atoms with Gasteiger partial charge in [-0.3, -0.25) is 10.6 Å². The Morgan fingerprint density at radius 3 is 1.87 bits per heavy atom. The number of likely N-dealkylation sites (N-methyl/N-ethyl adjacent to an activating group) is 1. The summed E-state index contributed by atoms with van der Waals surface area (Å²) >= 11 is 0. The molecule has 0 bridgehead atoms. The van der Waals surface area contributed by atoms with Crippen molar-refractivity contribution in [3.8, 4) is 0 Å². The maximum absolute atomic E-state index is 6.04. The number of anilines is 2. The second kappa shape index (κ2) is 6.62. The predicted octanol–water partition coefficient (Wildman–Crippen LogP) is 3.27. The highest BCUT2D eigenvalue weighted by Gasteiger charge is 2.40. The summed E-state index contributed by atoms with van der Waals surface area (Å²) in [4.78, 5) is 2.02. The van der Waals surface area contributed by atoms with E-state index in [4.69, 9.17) is 9.47 Å². The Morgan fingerprint density at radius 1 is 0.870 bits per heavy atom. The first kappa shape index (κ1) is 15.2. The molecule has 0 amide bonds. The molecule has 5 nitrogen and oxygen atoms in total. The van der Waals surface area contributed by atoms with Crippen LogP contribution in [0.3, 0.4) is 0 Å². The molecule has 1 heterocycles. The fraction of sp³-hybridized carbons (Fsp3) is 0.222. The van der Waals surface area contributed by atoms with E-state index in [-0.39, 0.29) is 0 Å². The Hall–Kier alpha value is -2.66. The molecule has 0 atom stereocenters. The van der Waals surface area contributed by atoms with E-state index in [9.17, 15) is 0 Å². The molecule has 2 aromatic carbocycles. The Morgan fingerprint density at radius 2 is 1.39 bits per heavy atom. The van der Waals surface area contributed by atoms with E-state index in [1.165, 1.54) is 0 Å². The zero-order valence-corrected chi connectivity index (χ0v) is 13.3. The topological polar surface area (TPSA) is 45.8 Å². The highest BCUT2D eigenvalue weighted by molar-refractivity contribution is 5.50. The maximum Gasteiger partial charge on any atom is 0.429 e. The summed E-state index contributed by atoms with van der Waals surface area (Å²) in [5, 5.41) is 6.56. The molecule has 5 heteroatoms. The summed E-state index contributed by atoms with van der Waals surface area (Å²) in [5.74, 6) is 0.752. The van der Waals surface area contributed by atoms with E-state index in [0.29, 0.717) is 6.54 Å². The van der Waals surface area contributed by atoms with Crippen LogP contribution in [0.5, 0.6) is 0 Å². The average molecular weight is 311 g/mol. The van der Waals surface area contributed by atoms with E-state index in [1.54, 1.807) is 6.26 Å². The van der Waals surface area contributed by atoms with Crippen LogP contribution in [0.4, 0.5) is 11.4 Å². The van der Waals surface area contributed by atoms with Crippen molar-refractivity contribution in [2.24, 2.45) is 0 Å². The molecule has 0 spiro atoms. The van der Waals surface area contributed by atoms with Crippen LogP contribution in [0.1, 0.15) is 0 Å². The Kier molecular flexibility index (Phi) is 4.39. The van der Waals surface area contributed by atoms with Crippen LogP contribution in [0.15, 0.2) is 72.7 Å². The third-order valence-electron chi connectivity index (χ3n) is 3.27. The van der Waals surface area contributed by atoms with E-state index < -0.39 is 6.03 Å². The summed E-state index contributed by atoms with van der Waals surface area (Å²) in [6.45, 7) is 0.661. The first-order valence-corrected chi connectivity index (χ1v) is 7.52. The minimum Gasteiger partial charge on any atom is -0.422 e. The maximum atomic E-state index is 6.04. The fourth-order valence-electron chi connectivity index (χ4n) is 2.33. The quantitative estimate of drug-likeness (QED) is 0.802. The number of ether oxygens (including phenoxy) is 2. The minimum absolute atomic E-state index is 0.661. The lowest BCUT2D eigenvalue weighted by Crippen LogP contribution is -2.48. The number of hydrogen-bond acceptors (Lipinski definition) is 5. The molecule has 23 heavy (non-hydrogen) atoms. The van der Waals surface area contributed by atoms with Gasteiger partial charge in [0.15, 0.2) is 5.76 Å². The second-order valence-electron chi connectivity index (χ2n) is 5.64. The van der Waals surface area contributed by atoms with Crippen molar-refractivity contribution in [1.82, 2.24) is 4.90 Å². The summed E-state index contributed by atoms with van der Waals surface area (Å²) in [5.41, 5.74) is 1.80. The number of nitrogens with zero attached hydrogens (tertiary/aromatic N) is 1. The van der Waals surface area contributed by atoms with E-state index in [2.05, 4.69) is 10.6 Å². The van der Waals surface area contributed by atoms with E-state index in [1.807, 2.05) is 79.7 Å². The van der Waals surface area contributed by atoms with Crippen molar-refractivity contribution in [3.05, 3.63) is 72.7 Å². The van der Waals surface area contributed by atoms with Crippen molar-refractivity contribution < 1.29 is 9.47 Å². The summed E-state index contributed by atoms with van der Waals surface area (Å²) < 4.78 is 11.9. The Labute approximate surface area is 136 Å². The number of para-hydroxylation sites is 2. The molecule has 0 radical (unpaired) electrons. The zero-order chi connectivity index (χ0) is 16.1. The van der Waals surface area contributed by atoms with Gasteiger partial charge in [0, 0.05) is 11.4 Å². The predicted molar refractivity (Wildman–Crippen MR) is 91.7 cm³/mol. The van der Waals surface area contributed by atoms with Crippen LogP contribution in [-0.2, 0) is 9.47 Å².